The van der Waals surface area contributed by atoms with E-state index >= 15 is 0 Å². The standard InChI is InChI=1S/C13H15FN2O2/c1-4-13(2,8-15)16-12(17)9-5-6-11(18-3)10(14)7-9/h5-7H,4H2,1-3H3,(H,16,17). The predicted octanol–water partition coefficient (Wildman–Crippen LogP) is 2.26. The number of nitrogens with one attached hydrogen (secondary N) is 1. The first kappa shape index (κ1) is 14.0. The number of amides is 1. The Morgan fingerprint density at radius 2 is 2.28 bits per heavy atom. The summed E-state index contributed by atoms with van der Waals surface area (Å²) in [7, 11) is 1.35. The topological polar surface area (TPSA) is 62.1 Å². The Balaban J connectivity index is 2.92. The minimum absolute atomic E-state index is 0.0742. The van der Waals surface area contributed by atoms with Crippen LogP contribution >= 0.6 is 0 Å². The summed E-state index contributed by atoms with van der Waals surface area (Å²) in [5.74, 6) is -1.02. The van der Waals surface area contributed by atoms with E-state index in [1.807, 2.05) is 6.07 Å². The largest absolute Gasteiger partial charge is 0.494 e. The molecule has 1 aromatic carbocycles. The first-order valence-corrected chi connectivity index (χ1v) is 5.53. The molecule has 0 spiro atoms. The number of nitriles is 1. The highest BCUT2D eigenvalue weighted by Crippen LogP contribution is 2.18. The zero-order valence-electron chi connectivity index (χ0n) is 10.6. The minimum Gasteiger partial charge on any atom is -0.494 e. The van der Waals surface area contributed by atoms with Crippen LogP contribution in [0.1, 0.15) is 30.6 Å². The maximum Gasteiger partial charge on any atom is 0.252 e. The van der Waals surface area contributed by atoms with Gasteiger partial charge in [-0.25, -0.2) is 4.39 Å². The van der Waals surface area contributed by atoms with Crippen LogP contribution in [0.25, 0.3) is 0 Å². The SMILES string of the molecule is CCC(C)(C#N)NC(=O)c1ccc(OC)c(F)c1. The number of halogens is 1. The van der Waals surface area contributed by atoms with E-state index in [2.05, 4.69) is 5.32 Å². The van der Waals surface area contributed by atoms with Gasteiger partial charge in [0.15, 0.2) is 11.6 Å². The van der Waals surface area contributed by atoms with Gasteiger partial charge in [0.1, 0.15) is 5.54 Å². The van der Waals surface area contributed by atoms with Crippen LogP contribution in [0, 0.1) is 17.1 Å². The summed E-state index contributed by atoms with van der Waals surface area (Å²) in [5, 5.41) is 11.5. The molecule has 1 amide bonds. The van der Waals surface area contributed by atoms with Crippen LogP contribution in [0.5, 0.6) is 5.75 Å². The normalized spacial score (nSPS) is 13.3. The summed E-state index contributed by atoms with van der Waals surface area (Å²) < 4.78 is 18.2. The van der Waals surface area contributed by atoms with E-state index in [4.69, 9.17) is 10.00 Å². The summed E-state index contributed by atoms with van der Waals surface area (Å²) in [5.41, 5.74) is -0.795. The van der Waals surface area contributed by atoms with Crippen molar-refractivity contribution in [1.82, 2.24) is 5.32 Å². The van der Waals surface area contributed by atoms with Gasteiger partial charge in [0.25, 0.3) is 5.91 Å². The van der Waals surface area contributed by atoms with Gasteiger partial charge < -0.3 is 10.1 Å². The lowest BCUT2D eigenvalue weighted by atomic mass is 10.0. The van der Waals surface area contributed by atoms with Gasteiger partial charge >= 0.3 is 0 Å². The fourth-order valence-corrected chi connectivity index (χ4v) is 1.33. The van der Waals surface area contributed by atoms with E-state index < -0.39 is 17.3 Å². The van der Waals surface area contributed by atoms with Crippen molar-refractivity contribution in [2.75, 3.05) is 7.11 Å². The van der Waals surface area contributed by atoms with E-state index in [-0.39, 0.29) is 11.3 Å². The number of carbonyl (C=O) groups is 1. The fourth-order valence-electron chi connectivity index (χ4n) is 1.33. The highest BCUT2D eigenvalue weighted by Gasteiger charge is 2.24. The Kier molecular flexibility index (Phi) is 4.27. The monoisotopic (exact) mass is 250 g/mol. The van der Waals surface area contributed by atoms with E-state index in [9.17, 15) is 9.18 Å². The third kappa shape index (κ3) is 2.98. The van der Waals surface area contributed by atoms with Crippen molar-refractivity contribution in [3.63, 3.8) is 0 Å². The maximum atomic E-state index is 13.4. The summed E-state index contributed by atoms with van der Waals surface area (Å²) in [4.78, 5) is 11.9. The number of nitrogens with zero attached hydrogens (tertiary/aromatic N) is 1. The molecule has 0 fully saturated rings. The van der Waals surface area contributed by atoms with Crippen LogP contribution in [-0.4, -0.2) is 18.6 Å². The minimum atomic E-state index is -0.951. The predicted molar refractivity (Wildman–Crippen MR) is 64.7 cm³/mol. The third-order valence-electron chi connectivity index (χ3n) is 2.76. The molecule has 0 saturated carbocycles. The number of carbonyl (C=O) groups excluding carboxylic acids is 1. The molecule has 0 saturated heterocycles. The molecule has 1 atom stereocenters. The zero-order valence-corrected chi connectivity index (χ0v) is 10.6. The van der Waals surface area contributed by atoms with E-state index in [1.165, 1.54) is 19.2 Å². The molecule has 1 N–H and O–H groups in total. The molecule has 4 nitrogen and oxygen atoms in total. The molecule has 1 rings (SSSR count). The van der Waals surface area contributed by atoms with Crippen molar-refractivity contribution in [3.8, 4) is 11.8 Å². The zero-order chi connectivity index (χ0) is 13.8. The molecule has 0 aliphatic carbocycles. The molecule has 0 aromatic heterocycles. The van der Waals surface area contributed by atoms with Crippen LogP contribution in [0.4, 0.5) is 4.39 Å². The molecule has 0 heterocycles. The summed E-state index contributed by atoms with van der Waals surface area (Å²) >= 11 is 0. The number of hydrogen-bond acceptors (Lipinski definition) is 3. The number of hydrogen-bond donors (Lipinski definition) is 1. The van der Waals surface area contributed by atoms with Crippen LogP contribution in [-0.2, 0) is 0 Å². The highest BCUT2D eigenvalue weighted by atomic mass is 19.1. The molecule has 18 heavy (non-hydrogen) atoms. The molecule has 96 valence electrons. The van der Waals surface area contributed by atoms with Gasteiger partial charge in [0, 0.05) is 5.56 Å². The van der Waals surface area contributed by atoms with Crippen molar-refractivity contribution in [3.05, 3.63) is 29.6 Å². The van der Waals surface area contributed by atoms with Crippen LogP contribution < -0.4 is 10.1 Å². The lowest BCUT2D eigenvalue weighted by Gasteiger charge is -2.21. The number of benzene rings is 1. The first-order valence-electron chi connectivity index (χ1n) is 5.53. The van der Waals surface area contributed by atoms with E-state index in [0.717, 1.165) is 6.07 Å². The first-order chi connectivity index (χ1) is 8.45. The average molecular weight is 250 g/mol. The van der Waals surface area contributed by atoms with Crippen molar-refractivity contribution < 1.29 is 13.9 Å². The van der Waals surface area contributed by atoms with Gasteiger partial charge in [-0.2, -0.15) is 5.26 Å². The van der Waals surface area contributed by atoms with Gasteiger partial charge in [-0.15, -0.1) is 0 Å². The highest BCUT2D eigenvalue weighted by molar-refractivity contribution is 5.95. The summed E-state index contributed by atoms with van der Waals surface area (Å²) in [6, 6.07) is 5.92. The molecule has 1 aromatic rings. The quantitative estimate of drug-likeness (QED) is 0.891. The van der Waals surface area contributed by atoms with Crippen LogP contribution in [0.3, 0.4) is 0 Å². The van der Waals surface area contributed by atoms with Crippen molar-refractivity contribution in [2.24, 2.45) is 0 Å². The van der Waals surface area contributed by atoms with Crippen LogP contribution in [0.2, 0.25) is 0 Å². The second kappa shape index (κ2) is 5.50. The van der Waals surface area contributed by atoms with Gasteiger partial charge in [0.05, 0.1) is 13.2 Å². The van der Waals surface area contributed by atoms with E-state index in [0.29, 0.717) is 6.42 Å². The maximum absolute atomic E-state index is 13.4. The molecular weight excluding hydrogens is 235 g/mol. The lowest BCUT2D eigenvalue weighted by molar-refractivity contribution is 0.0922. The smallest absolute Gasteiger partial charge is 0.252 e. The molecule has 0 aliphatic heterocycles. The molecule has 0 aliphatic rings. The van der Waals surface area contributed by atoms with Crippen LogP contribution in [0.15, 0.2) is 18.2 Å². The van der Waals surface area contributed by atoms with E-state index in [1.54, 1.807) is 13.8 Å². The van der Waals surface area contributed by atoms with Gasteiger partial charge in [-0.1, -0.05) is 6.92 Å². The third-order valence-corrected chi connectivity index (χ3v) is 2.76. The number of rotatable bonds is 4. The Morgan fingerprint density at radius 1 is 1.61 bits per heavy atom. The van der Waals surface area contributed by atoms with Crippen molar-refractivity contribution in [1.29, 1.82) is 5.26 Å². The second-order valence-corrected chi connectivity index (χ2v) is 4.10. The van der Waals surface area contributed by atoms with Crippen molar-refractivity contribution >= 4 is 5.91 Å². The second-order valence-electron chi connectivity index (χ2n) is 4.10. The summed E-state index contributed by atoms with van der Waals surface area (Å²) in [6.45, 7) is 3.41. The molecule has 1 unspecified atom stereocenters. The molecule has 0 radical (unpaired) electrons. The van der Waals surface area contributed by atoms with Crippen molar-refractivity contribution in [2.45, 2.75) is 25.8 Å². The average Bonchev–Trinajstić information content (AvgIpc) is 2.38. The summed E-state index contributed by atoms with van der Waals surface area (Å²) in [6.07, 6.45) is 0.466. The Hall–Kier alpha value is -2.09. The van der Waals surface area contributed by atoms with Gasteiger partial charge in [-0.3, -0.25) is 4.79 Å². The number of methoxy groups -OCH3 is 1. The molecule has 0 bridgehead atoms. The van der Waals surface area contributed by atoms with Gasteiger partial charge in [-0.05, 0) is 31.5 Å². The Morgan fingerprint density at radius 3 is 2.72 bits per heavy atom. The Labute approximate surface area is 105 Å². The fraction of sp³-hybridized carbons (Fsp3) is 0.385. The Bertz CT molecular complexity index is 496. The number of ether oxygens (including phenoxy) is 1. The molecule has 5 heteroatoms. The lowest BCUT2D eigenvalue weighted by Crippen LogP contribution is -2.44. The van der Waals surface area contributed by atoms with Gasteiger partial charge in [0.2, 0.25) is 0 Å². The molecular formula is C13H15FN2O2.